The Hall–Kier alpha value is -0.460. The lowest BCUT2D eigenvalue weighted by molar-refractivity contribution is 0.644. The van der Waals surface area contributed by atoms with Crippen molar-refractivity contribution in [3.63, 3.8) is 0 Å². The molecule has 1 nitrogen and oxygen atoms in total. The molecule has 1 N–H and O–H groups in total. The average molecular weight is 169 g/mol. The molecule has 0 saturated carbocycles. The highest BCUT2D eigenvalue weighted by Crippen LogP contribution is 1.98. The van der Waals surface area contributed by atoms with E-state index in [9.17, 15) is 0 Å². The van der Waals surface area contributed by atoms with Crippen molar-refractivity contribution < 1.29 is 0 Å². The molecular weight excluding hydrogens is 146 g/mol. The molecule has 12 heavy (non-hydrogen) atoms. The molecule has 0 spiro atoms. The molecule has 0 unspecified atom stereocenters. The molecular formula is C11H23N. The average Bonchev–Trinajstić information content (AvgIpc) is 2.10. The Morgan fingerprint density at radius 2 is 1.92 bits per heavy atom. The zero-order valence-electron chi connectivity index (χ0n) is 8.82. The molecule has 1 heteroatoms. The minimum atomic E-state index is 1.14. The third-order valence-corrected chi connectivity index (χ3v) is 2.08. The molecule has 0 aromatic rings. The van der Waals surface area contributed by atoms with Crippen molar-refractivity contribution >= 4 is 0 Å². The molecule has 0 rings (SSSR count). The number of hydrogen-bond donors (Lipinski definition) is 1. The molecule has 0 fully saturated rings. The lowest BCUT2D eigenvalue weighted by Crippen LogP contribution is -2.07. The van der Waals surface area contributed by atoms with E-state index >= 15 is 0 Å². The molecule has 0 atom stereocenters. The van der Waals surface area contributed by atoms with Gasteiger partial charge in [-0.05, 0) is 26.0 Å². The zero-order valence-corrected chi connectivity index (χ0v) is 8.82. The monoisotopic (exact) mass is 169 g/mol. The van der Waals surface area contributed by atoms with Crippen LogP contribution in [0.25, 0.3) is 0 Å². The van der Waals surface area contributed by atoms with Gasteiger partial charge < -0.3 is 5.32 Å². The van der Waals surface area contributed by atoms with Gasteiger partial charge in [-0.15, -0.1) is 0 Å². The van der Waals surface area contributed by atoms with Gasteiger partial charge in [0.2, 0.25) is 0 Å². The van der Waals surface area contributed by atoms with Crippen molar-refractivity contribution in [2.24, 2.45) is 0 Å². The van der Waals surface area contributed by atoms with Crippen molar-refractivity contribution in [1.29, 1.82) is 0 Å². The molecule has 0 bridgehead atoms. The summed E-state index contributed by atoms with van der Waals surface area (Å²) >= 11 is 0. The predicted molar refractivity (Wildman–Crippen MR) is 56.2 cm³/mol. The Bertz CT molecular complexity index is 116. The maximum Gasteiger partial charge on any atom is 0.0141 e. The van der Waals surface area contributed by atoms with E-state index in [2.05, 4.69) is 32.3 Å². The molecule has 0 radical (unpaired) electrons. The van der Waals surface area contributed by atoms with Crippen LogP contribution in [0.1, 0.15) is 52.9 Å². The van der Waals surface area contributed by atoms with E-state index in [0.29, 0.717) is 0 Å². The van der Waals surface area contributed by atoms with E-state index in [0.717, 1.165) is 13.0 Å². The van der Waals surface area contributed by atoms with Crippen molar-refractivity contribution in [2.45, 2.75) is 52.9 Å². The Balaban J connectivity index is 3.10. The molecule has 0 heterocycles. The van der Waals surface area contributed by atoms with Gasteiger partial charge in [0.15, 0.2) is 0 Å². The van der Waals surface area contributed by atoms with Gasteiger partial charge in [0.25, 0.3) is 0 Å². The number of allylic oxidation sites excluding steroid dienone is 1. The fourth-order valence-electron chi connectivity index (χ4n) is 1.00. The first kappa shape index (κ1) is 11.5. The summed E-state index contributed by atoms with van der Waals surface area (Å²) in [6.07, 6.45) is 8.67. The SMILES string of the molecule is CCCCCCN/C=C(\C)CC. The highest BCUT2D eigenvalue weighted by Gasteiger charge is 1.86. The first-order chi connectivity index (χ1) is 5.81. The third-order valence-electron chi connectivity index (χ3n) is 2.08. The fraction of sp³-hybridized carbons (Fsp3) is 0.818. The van der Waals surface area contributed by atoms with E-state index in [4.69, 9.17) is 0 Å². The highest BCUT2D eigenvalue weighted by molar-refractivity contribution is 4.94. The quantitative estimate of drug-likeness (QED) is 0.575. The second kappa shape index (κ2) is 8.63. The van der Waals surface area contributed by atoms with Crippen molar-refractivity contribution in [3.05, 3.63) is 11.8 Å². The summed E-state index contributed by atoms with van der Waals surface area (Å²) < 4.78 is 0. The van der Waals surface area contributed by atoms with E-state index in [-0.39, 0.29) is 0 Å². The molecule has 0 aliphatic carbocycles. The number of rotatable bonds is 7. The normalized spacial score (nSPS) is 11.8. The van der Waals surface area contributed by atoms with Gasteiger partial charge in [-0.3, -0.25) is 0 Å². The smallest absolute Gasteiger partial charge is 0.0141 e. The molecule has 0 amide bonds. The Kier molecular flexibility index (Phi) is 8.30. The van der Waals surface area contributed by atoms with Crippen LogP contribution in [0.15, 0.2) is 11.8 Å². The maximum absolute atomic E-state index is 3.33. The Labute approximate surface area is 77.2 Å². The summed E-state index contributed by atoms with van der Waals surface area (Å²) in [5.74, 6) is 0. The number of hydrogen-bond acceptors (Lipinski definition) is 1. The largest absolute Gasteiger partial charge is 0.391 e. The standard InChI is InChI=1S/C11H23N/c1-4-6-7-8-9-12-10-11(3)5-2/h10,12H,4-9H2,1-3H3/b11-10+. The van der Waals surface area contributed by atoms with Crippen LogP contribution < -0.4 is 5.32 Å². The van der Waals surface area contributed by atoms with Crippen LogP contribution in [-0.4, -0.2) is 6.54 Å². The van der Waals surface area contributed by atoms with Crippen molar-refractivity contribution in [1.82, 2.24) is 5.32 Å². The number of unbranched alkanes of at least 4 members (excludes halogenated alkanes) is 3. The van der Waals surface area contributed by atoms with Gasteiger partial charge in [-0.2, -0.15) is 0 Å². The fourth-order valence-corrected chi connectivity index (χ4v) is 1.00. The summed E-state index contributed by atoms with van der Waals surface area (Å²) in [7, 11) is 0. The minimum absolute atomic E-state index is 1.14. The Morgan fingerprint density at radius 3 is 2.50 bits per heavy atom. The highest BCUT2D eigenvalue weighted by atomic mass is 14.8. The predicted octanol–water partition coefficient (Wildman–Crippen LogP) is 3.47. The van der Waals surface area contributed by atoms with Gasteiger partial charge in [0, 0.05) is 6.54 Å². The molecule has 0 aromatic heterocycles. The minimum Gasteiger partial charge on any atom is -0.391 e. The van der Waals surface area contributed by atoms with Crippen LogP contribution in [0.3, 0.4) is 0 Å². The third kappa shape index (κ3) is 7.64. The Morgan fingerprint density at radius 1 is 1.17 bits per heavy atom. The van der Waals surface area contributed by atoms with Crippen LogP contribution in [0.4, 0.5) is 0 Å². The number of nitrogens with one attached hydrogen (secondary N) is 1. The van der Waals surface area contributed by atoms with Crippen molar-refractivity contribution in [2.75, 3.05) is 6.54 Å². The van der Waals surface area contributed by atoms with Crippen LogP contribution in [-0.2, 0) is 0 Å². The summed E-state index contributed by atoms with van der Waals surface area (Å²) in [5, 5.41) is 3.33. The summed E-state index contributed by atoms with van der Waals surface area (Å²) in [6.45, 7) is 7.73. The van der Waals surface area contributed by atoms with Crippen LogP contribution in [0.5, 0.6) is 0 Å². The van der Waals surface area contributed by atoms with E-state index in [1.807, 2.05) is 0 Å². The van der Waals surface area contributed by atoms with Gasteiger partial charge in [-0.1, -0.05) is 38.7 Å². The van der Waals surface area contributed by atoms with Crippen LogP contribution >= 0.6 is 0 Å². The summed E-state index contributed by atoms with van der Waals surface area (Å²) in [4.78, 5) is 0. The molecule has 0 aliphatic heterocycles. The maximum atomic E-state index is 3.33. The van der Waals surface area contributed by atoms with E-state index < -0.39 is 0 Å². The first-order valence-electron chi connectivity index (χ1n) is 5.20. The zero-order chi connectivity index (χ0) is 9.23. The second-order valence-electron chi connectivity index (χ2n) is 3.36. The summed E-state index contributed by atoms with van der Waals surface area (Å²) in [6, 6.07) is 0. The second-order valence-corrected chi connectivity index (χ2v) is 3.36. The van der Waals surface area contributed by atoms with Gasteiger partial charge >= 0.3 is 0 Å². The molecule has 0 aliphatic rings. The molecule has 72 valence electrons. The van der Waals surface area contributed by atoms with Gasteiger partial charge in [0.05, 0.1) is 0 Å². The van der Waals surface area contributed by atoms with E-state index in [1.165, 1.54) is 31.3 Å². The van der Waals surface area contributed by atoms with Crippen LogP contribution in [0.2, 0.25) is 0 Å². The molecule has 0 saturated heterocycles. The van der Waals surface area contributed by atoms with Crippen molar-refractivity contribution in [3.8, 4) is 0 Å². The lowest BCUT2D eigenvalue weighted by Gasteiger charge is -2.01. The molecule has 0 aromatic carbocycles. The van der Waals surface area contributed by atoms with E-state index in [1.54, 1.807) is 0 Å². The topological polar surface area (TPSA) is 12.0 Å². The van der Waals surface area contributed by atoms with Crippen LogP contribution in [0, 0.1) is 0 Å². The first-order valence-corrected chi connectivity index (χ1v) is 5.20. The lowest BCUT2D eigenvalue weighted by atomic mass is 10.2. The van der Waals surface area contributed by atoms with Gasteiger partial charge in [-0.25, -0.2) is 0 Å². The van der Waals surface area contributed by atoms with Gasteiger partial charge in [0.1, 0.15) is 0 Å². The summed E-state index contributed by atoms with van der Waals surface area (Å²) in [5.41, 5.74) is 1.44.